The number of esters is 1. The lowest BCUT2D eigenvalue weighted by atomic mass is 9.94. The summed E-state index contributed by atoms with van der Waals surface area (Å²) in [5, 5.41) is 19.3. The molecule has 0 saturated carbocycles. The number of aliphatic carboxylic acids is 1. The van der Waals surface area contributed by atoms with Gasteiger partial charge in [0.05, 0.1) is 4.92 Å². The van der Waals surface area contributed by atoms with Crippen LogP contribution >= 0.6 is 0 Å². The first-order valence-electron chi connectivity index (χ1n) is 5.39. The summed E-state index contributed by atoms with van der Waals surface area (Å²) in [6.07, 6.45) is 0. The van der Waals surface area contributed by atoms with Crippen LogP contribution in [0.5, 0.6) is 0 Å². The Morgan fingerprint density at radius 3 is 2.26 bits per heavy atom. The van der Waals surface area contributed by atoms with Crippen molar-refractivity contribution in [3.8, 4) is 0 Å². The molecular formula is C12H13NO6. The van der Waals surface area contributed by atoms with E-state index in [2.05, 4.69) is 0 Å². The maximum atomic E-state index is 11.5. The van der Waals surface area contributed by atoms with E-state index in [4.69, 9.17) is 9.84 Å². The van der Waals surface area contributed by atoms with E-state index in [0.717, 1.165) is 0 Å². The van der Waals surface area contributed by atoms with Gasteiger partial charge in [-0.1, -0.05) is 0 Å². The number of nitro groups is 1. The van der Waals surface area contributed by atoms with Crippen molar-refractivity contribution in [2.75, 3.05) is 0 Å². The van der Waals surface area contributed by atoms with Crippen LogP contribution in [0.25, 0.3) is 0 Å². The van der Waals surface area contributed by atoms with Crippen molar-refractivity contribution in [3.05, 3.63) is 39.9 Å². The first-order valence-corrected chi connectivity index (χ1v) is 5.39. The summed E-state index contributed by atoms with van der Waals surface area (Å²) in [5.74, 6) is -2.14. The zero-order chi connectivity index (χ0) is 14.6. The van der Waals surface area contributed by atoms with E-state index >= 15 is 0 Å². The molecule has 0 unspecified atom stereocenters. The molecule has 1 aromatic carbocycles. The number of carbonyl (C=O) groups is 2. The molecular weight excluding hydrogens is 254 g/mol. The third kappa shape index (κ3) is 3.51. The van der Waals surface area contributed by atoms with Crippen LogP contribution in [0.2, 0.25) is 0 Å². The monoisotopic (exact) mass is 267 g/mol. The van der Waals surface area contributed by atoms with Crippen molar-refractivity contribution in [3.63, 3.8) is 0 Å². The molecule has 19 heavy (non-hydrogen) atoms. The maximum absolute atomic E-state index is 11.5. The minimum Gasteiger partial charge on any atom is -0.480 e. The summed E-state index contributed by atoms with van der Waals surface area (Å²) in [6, 6.07) is 5.45. The Hall–Kier alpha value is -2.44. The standard InChI is InChI=1S/C12H13NO6/c1-12(2,10(14)15)11(16)19-7-8-3-5-9(6-4-8)13(17)18/h3-6H,7H2,1-2H3,(H,14,15). The minimum absolute atomic E-state index is 0.0686. The van der Waals surface area contributed by atoms with Crippen LogP contribution < -0.4 is 0 Å². The molecule has 0 aliphatic heterocycles. The van der Waals surface area contributed by atoms with Crippen LogP contribution in [-0.2, 0) is 20.9 Å². The molecule has 0 bridgehead atoms. The van der Waals surface area contributed by atoms with Gasteiger partial charge in [-0.3, -0.25) is 19.7 Å². The third-order valence-corrected chi connectivity index (χ3v) is 2.56. The average Bonchev–Trinajstić information content (AvgIpc) is 2.36. The van der Waals surface area contributed by atoms with E-state index in [1.807, 2.05) is 0 Å². The van der Waals surface area contributed by atoms with Crippen LogP contribution in [0.4, 0.5) is 5.69 Å². The molecule has 0 saturated heterocycles. The molecule has 0 atom stereocenters. The van der Waals surface area contributed by atoms with Crippen LogP contribution in [0.3, 0.4) is 0 Å². The highest BCUT2D eigenvalue weighted by atomic mass is 16.6. The van der Waals surface area contributed by atoms with Crippen molar-refractivity contribution in [1.82, 2.24) is 0 Å². The van der Waals surface area contributed by atoms with Crippen molar-refractivity contribution < 1.29 is 24.4 Å². The van der Waals surface area contributed by atoms with Gasteiger partial charge in [-0.05, 0) is 31.5 Å². The van der Waals surface area contributed by atoms with Gasteiger partial charge in [0.25, 0.3) is 5.69 Å². The van der Waals surface area contributed by atoms with Crippen LogP contribution in [0.1, 0.15) is 19.4 Å². The number of carboxylic acid groups (broad SMARTS) is 1. The van der Waals surface area contributed by atoms with Crippen molar-refractivity contribution in [1.29, 1.82) is 0 Å². The highest BCUT2D eigenvalue weighted by Crippen LogP contribution is 2.19. The topological polar surface area (TPSA) is 107 Å². The van der Waals surface area contributed by atoms with Crippen LogP contribution in [0, 0.1) is 15.5 Å². The molecule has 0 fully saturated rings. The molecule has 102 valence electrons. The molecule has 0 aromatic heterocycles. The quantitative estimate of drug-likeness (QED) is 0.377. The molecule has 0 heterocycles. The van der Waals surface area contributed by atoms with E-state index in [1.54, 1.807) is 0 Å². The van der Waals surface area contributed by atoms with Crippen LogP contribution in [-0.4, -0.2) is 22.0 Å². The fourth-order valence-corrected chi connectivity index (χ4v) is 1.13. The number of rotatable bonds is 5. The number of nitro benzene ring substituents is 1. The molecule has 0 aliphatic rings. The van der Waals surface area contributed by atoms with Gasteiger partial charge in [0, 0.05) is 12.1 Å². The fraction of sp³-hybridized carbons (Fsp3) is 0.333. The highest BCUT2D eigenvalue weighted by molar-refractivity contribution is 5.98. The Morgan fingerprint density at radius 1 is 1.32 bits per heavy atom. The summed E-state index contributed by atoms with van der Waals surface area (Å²) in [6.45, 7) is 2.36. The number of nitrogens with zero attached hydrogens (tertiary/aromatic N) is 1. The Labute approximate surface area is 109 Å². The van der Waals surface area contributed by atoms with E-state index in [1.165, 1.54) is 38.1 Å². The van der Waals surface area contributed by atoms with Gasteiger partial charge in [0.2, 0.25) is 0 Å². The molecule has 1 rings (SSSR count). The van der Waals surface area contributed by atoms with Crippen molar-refractivity contribution >= 4 is 17.6 Å². The summed E-state index contributed by atoms with van der Waals surface area (Å²) in [4.78, 5) is 32.3. The second-order valence-corrected chi connectivity index (χ2v) is 4.43. The number of carbonyl (C=O) groups excluding carboxylic acids is 1. The summed E-state index contributed by atoms with van der Waals surface area (Å²) >= 11 is 0. The zero-order valence-electron chi connectivity index (χ0n) is 10.5. The molecule has 0 radical (unpaired) electrons. The molecule has 0 spiro atoms. The van der Waals surface area contributed by atoms with Gasteiger partial charge < -0.3 is 9.84 Å². The molecule has 0 aliphatic carbocycles. The lowest BCUT2D eigenvalue weighted by Gasteiger charge is -2.17. The van der Waals surface area contributed by atoms with E-state index < -0.39 is 22.3 Å². The number of hydrogen-bond acceptors (Lipinski definition) is 5. The minimum atomic E-state index is -1.62. The van der Waals surface area contributed by atoms with E-state index in [-0.39, 0.29) is 12.3 Å². The van der Waals surface area contributed by atoms with Gasteiger partial charge in [0.15, 0.2) is 5.41 Å². The number of non-ortho nitro benzene ring substituents is 1. The van der Waals surface area contributed by atoms with Gasteiger partial charge in [0.1, 0.15) is 6.61 Å². The summed E-state index contributed by atoms with van der Waals surface area (Å²) in [5.41, 5.74) is -1.15. The van der Waals surface area contributed by atoms with E-state index in [9.17, 15) is 19.7 Å². The summed E-state index contributed by atoms with van der Waals surface area (Å²) < 4.78 is 4.86. The Kier molecular flexibility index (Phi) is 4.21. The van der Waals surface area contributed by atoms with Crippen LogP contribution in [0.15, 0.2) is 24.3 Å². The molecule has 7 heteroatoms. The normalized spacial score (nSPS) is 10.8. The fourth-order valence-electron chi connectivity index (χ4n) is 1.13. The maximum Gasteiger partial charge on any atom is 0.323 e. The lowest BCUT2D eigenvalue weighted by molar-refractivity contribution is -0.384. The summed E-state index contributed by atoms with van der Waals surface area (Å²) in [7, 11) is 0. The molecule has 1 aromatic rings. The van der Waals surface area contributed by atoms with Crippen molar-refractivity contribution in [2.45, 2.75) is 20.5 Å². The second kappa shape index (κ2) is 5.47. The van der Waals surface area contributed by atoms with Gasteiger partial charge in [-0.25, -0.2) is 0 Å². The first-order chi connectivity index (χ1) is 8.75. The molecule has 1 N–H and O–H groups in total. The molecule has 0 amide bonds. The number of benzene rings is 1. The third-order valence-electron chi connectivity index (χ3n) is 2.56. The van der Waals surface area contributed by atoms with Gasteiger partial charge >= 0.3 is 11.9 Å². The Morgan fingerprint density at radius 2 is 1.84 bits per heavy atom. The lowest BCUT2D eigenvalue weighted by Crippen LogP contribution is -2.34. The predicted molar refractivity (Wildman–Crippen MR) is 64.3 cm³/mol. The molecule has 7 nitrogen and oxygen atoms in total. The predicted octanol–water partition coefficient (Wildman–Crippen LogP) is 1.75. The van der Waals surface area contributed by atoms with E-state index in [0.29, 0.717) is 5.56 Å². The number of ether oxygens (including phenoxy) is 1. The zero-order valence-corrected chi connectivity index (χ0v) is 10.5. The van der Waals surface area contributed by atoms with Gasteiger partial charge in [-0.2, -0.15) is 0 Å². The average molecular weight is 267 g/mol. The second-order valence-electron chi connectivity index (χ2n) is 4.43. The highest BCUT2D eigenvalue weighted by Gasteiger charge is 2.37. The number of hydrogen-bond donors (Lipinski definition) is 1. The first kappa shape index (κ1) is 14.6. The smallest absolute Gasteiger partial charge is 0.323 e. The van der Waals surface area contributed by atoms with Crippen molar-refractivity contribution in [2.24, 2.45) is 5.41 Å². The Bertz CT molecular complexity index is 505. The number of carboxylic acids is 1. The Balaban J connectivity index is 2.65. The largest absolute Gasteiger partial charge is 0.480 e. The van der Waals surface area contributed by atoms with Gasteiger partial charge in [-0.15, -0.1) is 0 Å². The SMILES string of the molecule is CC(C)(C(=O)O)C(=O)OCc1ccc([N+](=O)[O-])cc1.